The first-order valence-corrected chi connectivity index (χ1v) is 19.9. The molecule has 1 spiro atoms. The molecule has 2 aliphatic carbocycles. The maximum atomic E-state index is 12.7. The van der Waals surface area contributed by atoms with E-state index in [9.17, 15) is 25.2 Å². The quantitative estimate of drug-likeness (QED) is 0.0323. The Hall–Kier alpha value is -2.69. The Labute approximate surface area is 320 Å². The fraction of sp³-hybridized carbons (Fsp3) is 0.622. The fourth-order valence-electron chi connectivity index (χ4n) is 8.93. The molecular formula is C45H70N2O6. The number of nitrogens with one attached hydrogen (secondary N) is 2. The number of aldehydes is 1. The second kappa shape index (κ2) is 22.6. The highest BCUT2D eigenvalue weighted by Crippen LogP contribution is 2.64. The van der Waals surface area contributed by atoms with E-state index in [0.717, 1.165) is 61.0 Å². The average molecular weight is 735 g/mol. The van der Waals surface area contributed by atoms with Crippen LogP contribution in [-0.4, -0.2) is 91.0 Å². The minimum Gasteiger partial charge on any atom is -0.396 e. The zero-order chi connectivity index (χ0) is 38.9. The minimum absolute atomic E-state index is 0.00711. The third kappa shape index (κ3) is 12.1. The zero-order valence-corrected chi connectivity index (χ0v) is 33.3. The Morgan fingerprint density at radius 2 is 1.92 bits per heavy atom. The molecule has 2 fully saturated rings. The molecule has 0 aromatic heterocycles. The largest absolute Gasteiger partial charge is 0.396 e. The Bertz CT molecular complexity index is 1400. The van der Waals surface area contributed by atoms with Gasteiger partial charge in [-0.1, -0.05) is 77.9 Å². The van der Waals surface area contributed by atoms with Crippen molar-refractivity contribution in [3.8, 4) is 0 Å². The lowest BCUT2D eigenvalue weighted by molar-refractivity contribution is -0.181. The van der Waals surface area contributed by atoms with E-state index < -0.39 is 29.1 Å². The summed E-state index contributed by atoms with van der Waals surface area (Å²) in [5, 5.41) is 53.8. The van der Waals surface area contributed by atoms with Crippen molar-refractivity contribution in [1.29, 1.82) is 0 Å². The van der Waals surface area contributed by atoms with Crippen molar-refractivity contribution >= 4 is 6.29 Å². The molecule has 0 aliphatic heterocycles. The molecule has 0 radical (unpaired) electrons. The van der Waals surface area contributed by atoms with E-state index in [1.165, 1.54) is 5.57 Å². The molecule has 7 atom stereocenters. The lowest BCUT2D eigenvalue weighted by atomic mass is 9.51. The molecule has 0 heterocycles. The summed E-state index contributed by atoms with van der Waals surface area (Å²) in [5.74, 6) is -0.662. The van der Waals surface area contributed by atoms with E-state index >= 15 is 0 Å². The van der Waals surface area contributed by atoms with Gasteiger partial charge in [-0.2, -0.15) is 0 Å². The number of hydrogen-bond acceptors (Lipinski definition) is 8. The van der Waals surface area contributed by atoms with E-state index in [-0.39, 0.29) is 12.5 Å². The molecule has 1 aromatic rings. The van der Waals surface area contributed by atoms with Gasteiger partial charge in [0.05, 0.1) is 17.8 Å². The van der Waals surface area contributed by atoms with E-state index in [4.69, 9.17) is 4.74 Å². The lowest BCUT2D eigenvalue weighted by Gasteiger charge is -2.57. The van der Waals surface area contributed by atoms with Crippen LogP contribution in [0.1, 0.15) is 97.0 Å². The molecule has 3 rings (SSSR count). The van der Waals surface area contributed by atoms with Gasteiger partial charge in [-0.25, -0.2) is 0 Å². The number of allylic oxidation sites excluding steroid dienone is 7. The first-order valence-electron chi connectivity index (χ1n) is 19.9. The molecule has 8 heteroatoms. The number of aliphatic hydroxyl groups is 4. The molecule has 0 amide bonds. The monoisotopic (exact) mass is 735 g/mol. The number of ether oxygens (including phenoxy) is 1. The van der Waals surface area contributed by atoms with E-state index in [1.807, 2.05) is 50.4 Å². The van der Waals surface area contributed by atoms with Crippen LogP contribution in [0.25, 0.3) is 0 Å². The van der Waals surface area contributed by atoms with Gasteiger partial charge in [0.2, 0.25) is 0 Å². The molecule has 2 aliphatic rings. The highest BCUT2D eigenvalue weighted by Gasteiger charge is 2.65. The van der Waals surface area contributed by atoms with Crippen LogP contribution in [0.3, 0.4) is 0 Å². The van der Waals surface area contributed by atoms with Crippen molar-refractivity contribution in [2.24, 2.45) is 17.3 Å². The maximum absolute atomic E-state index is 12.7. The van der Waals surface area contributed by atoms with Gasteiger partial charge in [-0.05, 0) is 134 Å². The second-order valence-corrected chi connectivity index (χ2v) is 15.6. The van der Waals surface area contributed by atoms with Crippen LogP contribution in [0.2, 0.25) is 0 Å². The fourth-order valence-corrected chi connectivity index (χ4v) is 8.93. The number of aryl methyl sites for hydroxylation is 1. The van der Waals surface area contributed by atoms with Gasteiger partial charge in [-0.3, -0.25) is 4.79 Å². The molecule has 0 bridgehead atoms. The smallest absolute Gasteiger partial charge is 0.145 e. The summed E-state index contributed by atoms with van der Waals surface area (Å²) in [7, 11) is 3.59. The summed E-state index contributed by atoms with van der Waals surface area (Å²) in [6.45, 7) is 12.6. The van der Waals surface area contributed by atoms with Gasteiger partial charge in [0.25, 0.3) is 0 Å². The molecule has 0 saturated heterocycles. The van der Waals surface area contributed by atoms with E-state index in [0.29, 0.717) is 75.9 Å². The summed E-state index contributed by atoms with van der Waals surface area (Å²) in [4.78, 5) is 12.1. The first-order chi connectivity index (χ1) is 25.5. The zero-order valence-electron chi connectivity index (χ0n) is 33.3. The second-order valence-electron chi connectivity index (χ2n) is 15.6. The topological polar surface area (TPSA) is 131 Å². The first kappa shape index (κ1) is 44.7. The highest BCUT2D eigenvalue weighted by atomic mass is 16.5. The van der Waals surface area contributed by atoms with Crippen LogP contribution in [-0.2, 0) is 16.0 Å². The Morgan fingerprint density at radius 1 is 1.17 bits per heavy atom. The highest BCUT2D eigenvalue weighted by molar-refractivity contribution is 5.74. The Balaban J connectivity index is 1.91. The van der Waals surface area contributed by atoms with E-state index in [2.05, 4.69) is 49.3 Å². The van der Waals surface area contributed by atoms with E-state index in [1.54, 1.807) is 7.11 Å². The van der Waals surface area contributed by atoms with Gasteiger partial charge in [0.1, 0.15) is 6.29 Å². The molecule has 1 aromatic carbocycles. The van der Waals surface area contributed by atoms with Crippen LogP contribution >= 0.6 is 0 Å². The van der Waals surface area contributed by atoms with Crippen molar-refractivity contribution in [1.82, 2.24) is 10.6 Å². The number of carbonyl (C=O) groups excluding carboxylic acids is 1. The molecule has 2 saturated carbocycles. The van der Waals surface area contributed by atoms with Gasteiger partial charge in [0.15, 0.2) is 0 Å². The van der Waals surface area contributed by atoms with Gasteiger partial charge in [-0.15, -0.1) is 0 Å². The summed E-state index contributed by atoms with van der Waals surface area (Å²) >= 11 is 0. The van der Waals surface area contributed by atoms with Crippen molar-refractivity contribution in [3.05, 3.63) is 94.6 Å². The van der Waals surface area contributed by atoms with Gasteiger partial charge in [0, 0.05) is 44.2 Å². The maximum Gasteiger partial charge on any atom is 0.145 e. The van der Waals surface area contributed by atoms with Crippen molar-refractivity contribution in [2.75, 3.05) is 40.5 Å². The normalized spacial score (nSPS) is 27.4. The molecular weight excluding hydrogens is 665 g/mol. The van der Waals surface area contributed by atoms with Crippen LogP contribution < -0.4 is 10.6 Å². The molecule has 8 nitrogen and oxygen atoms in total. The summed E-state index contributed by atoms with van der Waals surface area (Å²) in [6, 6.07) is 10.5. The van der Waals surface area contributed by atoms with Crippen molar-refractivity contribution in [3.63, 3.8) is 0 Å². The number of benzene rings is 1. The molecule has 53 heavy (non-hydrogen) atoms. The van der Waals surface area contributed by atoms with Crippen molar-refractivity contribution in [2.45, 2.75) is 122 Å². The molecule has 6 N–H and O–H groups in total. The number of aliphatic hydroxyl groups excluding tert-OH is 3. The number of hydrogen-bond donors (Lipinski definition) is 6. The minimum atomic E-state index is -1.19. The van der Waals surface area contributed by atoms with Crippen LogP contribution in [0.5, 0.6) is 0 Å². The summed E-state index contributed by atoms with van der Waals surface area (Å²) in [6.07, 6.45) is 14.8. The number of methoxy groups -OCH3 is 1. The third-order valence-corrected chi connectivity index (χ3v) is 12.0. The Kier molecular flexibility index (Phi) is 19.1. The van der Waals surface area contributed by atoms with Gasteiger partial charge < -0.3 is 35.8 Å². The average Bonchev–Trinajstić information content (AvgIpc) is 3.50. The number of carbonyl (C=O) groups is 1. The SMILES string of the molecule is C=C(/C=C/C=C(/[C@H](O)CCc1ccccc1)[C@@H]1CC[C@]2([C@@H]1O)[C@@H](CCCO)/C(=C(/C)C=O)CC[C@]2(O)CCNC)CC/C=C(\C)CN[C@H](C)CCOC. The van der Waals surface area contributed by atoms with Crippen molar-refractivity contribution < 1.29 is 30.0 Å². The number of rotatable bonds is 23. The van der Waals surface area contributed by atoms with Gasteiger partial charge >= 0.3 is 0 Å². The lowest BCUT2D eigenvalue weighted by Crippen LogP contribution is -2.61. The summed E-state index contributed by atoms with van der Waals surface area (Å²) < 4.78 is 5.18. The predicted molar refractivity (Wildman–Crippen MR) is 217 cm³/mol. The van der Waals surface area contributed by atoms with Crippen LogP contribution in [0.4, 0.5) is 0 Å². The summed E-state index contributed by atoms with van der Waals surface area (Å²) in [5.41, 5.74) is 3.67. The van der Waals surface area contributed by atoms with Crippen LogP contribution in [0, 0.1) is 17.3 Å². The standard InChI is InChI=1S/C45H70N2O6/c1-33(13-10-15-34(2)31-47-36(4)24-30-53-6)14-11-18-39(42(50)21-20-37-16-8-7-9-17-37)40-23-26-45(43(40)51)41(19-12-29-48)38(35(3)32-49)22-25-44(45,52)27-28-46-5/h7-9,11,14-18,32,36,40-43,46-48,50-52H,1,10,12-13,19-31H2,2-6H3/b14-11+,34-15+,38-35-,39-18+/t36-,40+,41+,42-,43-,44+,45-/m1/s1. The molecule has 296 valence electrons. The predicted octanol–water partition coefficient (Wildman–Crippen LogP) is 6.56. The Morgan fingerprint density at radius 3 is 2.60 bits per heavy atom. The molecule has 0 unspecified atom stereocenters. The third-order valence-electron chi connectivity index (χ3n) is 12.0. The van der Waals surface area contributed by atoms with Crippen LogP contribution in [0.15, 0.2) is 89.1 Å².